The van der Waals surface area contributed by atoms with Gasteiger partial charge in [0.15, 0.2) is 5.78 Å². The minimum atomic E-state index is -0.939. The number of carbonyl (C=O) groups excluding carboxylic acids is 1. The standard InChI is InChI=1S/C30H52Cl2O3/c1-3-5-7-9-11-13-23-34-25-15-19-28(20-16-25)27(33)29(30(28,31)32)21-17-26(18-22-29)35-24-14-12-10-8-6-4-2/h25-26H,3-24H2,1-2H3. The van der Waals surface area contributed by atoms with Crippen LogP contribution in [0, 0.1) is 10.8 Å². The van der Waals surface area contributed by atoms with E-state index in [2.05, 4.69) is 13.8 Å². The number of unbranched alkanes of at least 4 members (excludes halogenated alkanes) is 10. The van der Waals surface area contributed by atoms with Crippen LogP contribution in [0.5, 0.6) is 0 Å². The molecule has 0 heterocycles. The van der Waals surface area contributed by atoms with Crippen molar-refractivity contribution in [3.63, 3.8) is 0 Å². The van der Waals surface area contributed by atoms with Gasteiger partial charge in [-0.05, 0) is 64.2 Å². The van der Waals surface area contributed by atoms with Crippen LogP contribution in [0.1, 0.15) is 142 Å². The van der Waals surface area contributed by atoms with Crippen molar-refractivity contribution < 1.29 is 14.3 Å². The fourth-order valence-electron chi connectivity index (χ4n) is 6.99. The van der Waals surface area contributed by atoms with Crippen LogP contribution in [-0.2, 0) is 14.3 Å². The lowest BCUT2D eigenvalue weighted by atomic mass is 9.43. The largest absolute Gasteiger partial charge is 0.378 e. The van der Waals surface area contributed by atoms with E-state index >= 15 is 0 Å². The Morgan fingerprint density at radius 1 is 0.629 bits per heavy atom. The molecule has 0 unspecified atom stereocenters. The number of rotatable bonds is 16. The van der Waals surface area contributed by atoms with Gasteiger partial charge in [-0.3, -0.25) is 4.79 Å². The van der Waals surface area contributed by atoms with E-state index in [9.17, 15) is 4.79 Å². The summed E-state index contributed by atoms with van der Waals surface area (Å²) >= 11 is 14.2. The van der Waals surface area contributed by atoms with E-state index in [1.807, 2.05) is 0 Å². The van der Waals surface area contributed by atoms with Crippen molar-refractivity contribution in [3.8, 4) is 0 Å². The minimum absolute atomic E-state index is 0.260. The molecular weight excluding hydrogens is 479 g/mol. The monoisotopic (exact) mass is 530 g/mol. The molecule has 204 valence electrons. The third-order valence-electron chi connectivity index (χ3n) is 9.35. The molecule has 0 atom stereocenters. The van der Waals surface area contributed by atoms with Crippen molar-refractivity contribution in [1.29, 1.82) is 0 Å². The van der Waals surface area contributed by atoms with Crippen LogP contribution in [0.2, 0.25) is 0 Å². The van der Waals surface area contributed by atoms with Gasteiger partial charge in [-0.25, -0.2) is 0 Å². The van der Waals surface area contributed by atoms with Gasteiger partial charge in [-0.2, -0.15) is 0 Å². The second-order valence-electron chi connectivity index (χ2n) is 11.7. The van der Waals surface area contributed by atoms with Gasteiger partial charge in [0.2, 0.25) is 0 Å². The molecule has 0 radical (unpaired) electrons. The fourth-order valence-corrected chi connectivity index (χ4v) is 8.09. The Hall–Kier alpha value is 0.170. The Kier molecular flexibility index (Phi) is 12.2. The van der Waals surface area contributed by atoms with Gasteiger partial charge in [0, 0.05) is 13.2 Å². The van der Waals surface area contributed by atoms with Crippen LogP contribution in [0.4, 0.5) is 0 Å². The molecule has 0 aliphatic heterocycles. The minimum Gasteiger partial charge on any atom is -0.378 e. The highest BCUT2D eigenvalue weighted by Crippen LogP contribution is 2.74. The number of carbonyl (C=O) groups is 1. The maximum absolute atomic E-state index is 13.7. The molecule has 0 aromatic carbocycles. The Balaban J connectivity index is 1.35. The highest BCUT2D eigenvalue weighted by atomic mass is 35.5. The van der Waals surface area contributed by atoms with Crippen molar-refractivity contribution in [1.82, 2.24) is 0 Å². The van der Waals surface area contributed by atoms with E-state index in [4.69, 9.17) is 32.7 Å². The normalized spacial score (nSPS) is 32.3. The van der Waals surface area contributed by atoms with E-state index in [-0.39, 0.29) is 12.2 Å². The number of hydrogen-bond donors (Lipinski definition) is 0. The van der Waals surface area contributed by atoms with Crippen molar-refractivity contribution >= 4 is 29.0 Å². The summed E-state index contributed by atoms with van der Waals surface area (Å²) in [6.07, 6.45) is 22.6. The summed E-state index contributed by atoms with van der Waals surface area (Å²) in [5.41, 5.74) is -1.11. The molecule has 3 aliphatic carbocycles. The molecule has 0 N–H and O–H groups in total. The lowest BCUT2D eigenvalue weighted by molar-refractivity contribution is -0.176. The summed E-state index contributed by atoms with van der Waals surface area (Å²) in [4.78, 5) is 13.7. The second-order valence-corrected chi connectivity index (χ2v) is 13.1. The first kappa shape index (κ1) is 29.7. The van der Waals surface area contributed by atoms with E-state index in [1.165, 1.54) is 64.2 Å². The zero-order valence-electron chi connectivity index (χ0n) is 22.7. The smallest absolute Gasteiger partial charge is 0.151 e. The molecule has 5 heteroatoms. The summed E-state index contributed by atoms with van der Waals surface area (Å²) < 4.78 is 11.4. The lowest BCUT2D eigenvalue weighted by Crippen LogP contribution is -2.74. The summed E-state index contributed by atoms with van der Waals surface area (Å²) in [7, 11) is 0. The first-order chi connectivity index (χ1) is 16.9. The van der Waals surface area contributed by atoms with Crippen molar-refractivity contribution in [2.24, 2.45) is 10.8 Å². The number of ether oxygens (including phenoxy) is 2. The lowest BCUT2D eigenvalue weighted by Gasteiger charge is -2.66. The van der Waals surface area contributed by atoms with Crippen LogP contribution in [0.3, 0.4) is 0 Å². The van der Waals surface area contributed by atoms with E-state index < -0.39 is 15.2 Å². The van der Waals surface area contributed by atoms with Gasteiger partial charge in [-0.1, -0.05) is 101 Å². The number of Topliss-reactive ketones (excluding diaryl/α,β-unsaturated/α-hetero) is 1. The fraction of sp³-hybridized carbons (Fsp3) is 0.967. The molecule has 3 nitrogen and oxygen atoms in total. The van der Waals surface area contributed by atoms with Crippen LogP contribution >= 0.6 is 23.2 Å². The first-order valence-electron chi connectivity index (χ1n) is 15.1. The molecule has 2 spiro atoms. The van der Waals surface area contributed by atoms with Crippen LogP contribution in [0.15, 0.2) is 0 Å². The van der Waals surface area contributed by atoms with E-state index in [0.29, 0.717) is 5.78 Å². The maximum atomic E-state index is 13.7. The molecule has 35 heavy (non-hydrogen) atoms. The first-order valence-corrected chi connectivity index (χ1v) is 15.8. The third kappa shape index (κ3) is 6.79. The molecule has 0 aromatic heterocycles. The Bertz CT molecular complexity index is 569. The number of alkyl halides is 2. The molecular formula is C30H52Cl2O3. The van der Waals surface area contributed by atoms with Gasteiger partial charge in [0.25, 0.3) is 0 Å². The predicted octanol–water partition coefficient (Wildman–Crippen LogP) is 9.36. The third-order valence-corrected chi connectivity index (χ3v) is 10.8. The Morgan fingerprint density at radius 3 is 1.31 bits per heavy atom. The van der Waals surface area contributed by atoms with E-state index in [0.717, 1.165) is 77.4 Å². The molecule has 0 aromatic rings. The zero-order chi connectivity index (χ0) is 25.2. The molecule has 0 saturated heterocycles. The van der Waals surface area contributed by atoms with Crippen molar-refractivity contribution in [2.75, 3.05) is 13.2 Å². The Morgan fingerprint density at radius 2 is 0.971 bits per heavy atom. The van der Waals surface area contributed by atoms with Crippen LogP contribution in [0.25, 0.3) is 0 Å². The molecule has 3 fully saturated rings. The average molecular weight is 532 g/mol. The summed E-state index contributed by atoms with van der Waals surface area (Å²) in [5, 5.41) is 0. The van der Waals surface area contributed by atoms with Crippen molar-refractivity contribution in [2.45, 2.75) is 159 Å². The molecule has 0 amide bonds. The highest BCUT2D eigenvalue weighted by molar-refractivity contribution is 6.55. The van der Waals surface area contributed by atoms with Gasteiger partial charge in [0.1, 0.15) is 4.33 Å². The van der Waals surface area contributed by atoms with Crippen LogP contribution in [-0.4, -0.2) is 35.5 Å². The average Bonchev–Trinajstić information content (AvgIpc) is 2.87. The molecule has 3 aliphatic rings. The number of hydrogen-bond acceptors (Lipinski definition) is 3. The summed E-state index contributed by atoms with van der Waals surface area (Å²) in [5.74, 6) is 0.346. The maximum Gasteiger partial charge on any atom is 0.151 e. The summed E-state index contributed by atoms with van der Waals surface area (Å²) in [6.45, 7) is 6.19. The topological polar surface area (TPSA) is 35.5 Å². The van der Waals surface area contributed by atoms with Crippen LogP contribution < -0.4 is 0 Å². The molecule has 0 bridgehead atoms. The second kappa shape index (κ2) is 14.4. The van der Waals surface area contributed by atoms with Gasteiger partial charge in [-0.15, -0.1) is 0 Å². The van der Waals surface area contributed by atoms with Crippen molar-refractivity contribution in [3.05, 3.63) is 0 Å². The highest BCUT2D eigenvalue weighted by Gasteiger charge is 2.79. The summed E-state index contributed by atoms with van der Waals surface area (Å²) in [6, 6.07) is 0. The number of ketones is 1. The predicted molar refractivity (Wildman–Crippen MR) is 147 cm³/mol. The zero-order valence-corrected chi connectivity index (χ0v) is 24.2. The quantitative estimate of drug-likeness (QED) is 0.147. The molecule has 3 rings (SSSR count). The van der Waals surface area contributed by atoms with Gasteiger partial charge >= 0.3 is 0 Å². The number of halogens is 2. The van der Waals surface area contributed by atoms with Gasteiger partial charge < -0.3 is 9.47 Å². The van der Waals surface area contributed by atoms with Gasteiger partial charge in [0.05, 0.1) is 23.0 Å². The Labute approximate surface area is 225 Å². The SMILES string of the molecule is CCCCCCCCOC1CCC2(CC1)C(=O)C1(CCC(OCCCCCCCC)CC1)C2(Cl)Cl. The van der Waals surface area contributed by atoms with E-state index in [1.54, 1.807) is 0 Å². The molecule has 3 saturated carbocycles.